The summed E-state index contributed by atoms with van der Waals surface area (Å²) in [6.07, 6.45) is 0. The van der Waals surface area contributed by atoms with Crippen LogP contribution in [-0.4, -0.2) is 0 Å². The number of hydrogen-bond acceptors (Lipinski definition) is 0. The monoisotopic (exact) mass is 220 g/mol. The Morgan fingerprint density at radius 3 is 1.71 bits per heavy atom. The molecule has 0 heterocycles. The van der Waals surface area contributed by atoms with Gasteiger partial charge < -0.3 is 0 Å². The second-order valence-electron chi connectivity index (χ2n) is 2.95. The Morgan fingerprint density at radius 1 is 1.07 bits per heavy atom. The summed E-state index contributed by atoms with van der Waals surface area (Å²) in [6.45, 7) is 7.73. The molecule has 0 N–H and O–H groups in total. The lowest BCUT2D eigenvalue weighted by Crippen LogP contribution is -1.92. The van der Waals surface area contributed by atoms with E-state index in [2.05, 4.69) is 0 Å². The van der Waals surface area contributed by atoms with Crippen LogP contribution in [0.2, 0.25) is 5.02 Å². The minimum atomic E-state index is -0.694. The topological polar surface area (TPSA) is 0 Å². The maximum absolute atomic E-state index is 12.8. The quantitative estimate of drug-likeness (QED) is 0.598. The van der Waals surface area contributed by atoms with Gasteiger partial charge in [-0.25, -0.2) is 8.78 Å². The summed E-state index contributed by atoms with van der Waals surface area (Å²) in [7, 11) is 0. The van der Waals surface area contributed by atoms with E-state index in [4.69, 9.17) is 11.6 Å². The van der Waals surface area contributed by atoms with Crippen LogP contribution in [0.3, 0.4) is 0 Å². The lowest BCUT2D eigenvalue weighted by atomic mass is 10.0. The van der Waals surface area contributed by atoms with E-state index in [0.717, 1.165) is 0 Å². The van der Waals surface area contributed by atoms with Crippen molar-refractivity contribution < 1.29 is 8.78 Å². The first kappa shape index (κ1) is 13.4. The van der Waals surface area contributed by atoms with Crippen molar-refractivity contribution in [2.75, 3.05) is 0 Å². The second kappa shape index (κ2) is 5.97. The maximum atomic E-state index is 12.8. The molecule has 0 saturated carbocycles. The molecule has 0 atom stereocenters. The Bertz CT molecular complexity index is 272. The van der Waals surface area contributed by atoms with Crippen LogP contribution in [0.1, 0.15) is 39.2 Å². The highest BCUT2D eigenvalue weighted by molar-refractivity contribution is 6.30. The molecule has 0 saturated heterocycles. The van der Waals surface area contributed by atoms with Crippen molar-refractivity contribution in [3.05, 3.63) is 34.4 Å². The van der Waals surface area contributed by atoms with Crippen molar-refractivity contribution in [2.45, 2.75) is 33.6 Å². The summed E-state index contributed by atoms with van der Waals surface area (Å²) < 4.78 is 25.7. The molecule has 0 aliphatic rings. The molecule has 1 rings (SSSR count). The van der Waals surface area contributed by atoms with E-state index < -0.39 is 16.7 Å². The van der Waals surface area contributed by atoms with E-state index in [9.17, 15) is 8.78 Å². The van der Waals surface area contributed by atoms with Gasteiger partial charge in [-0.15, -0.1) is 0 Å². The van der Waals surface area contributed by atoms with Crippen molar-refractivity contribution in [2.24, 2.45) is 0 Å². The van der Waals surface area contributed by atoms with Gasteiger partial charge >= 0.3 is 0 Å². The number of rotatable bonds is 1. The van der Waals surface area contributed by atoms with E-state index in [-0.39, 0.29) is 5.92 Å². The molecule has 0 nitrogen and oxygen atoms in total. The molecule has 0 aliphatic carbocycles. The van der Waals surface area contributed by atoms with Crippen LogP contribution in [0.25, 0.3) is 0 Å². The van der Waals surface area contributed by atoms with Gasteiger partial charge in [0.05, 0.1) is 0 Å². The molecule has 0 bridgehead atoms. The highest BCUT2D eigenvalue weighted by Gasteiger charge is 2.09. The van der Waals surface area contributed by atoms with Crippen molar-refractivity contribution in [1.82, 2.24) is 0 Å². The average Bonchev–Trinajstić information content (AvgIpc) is 2.16. The Labute approximate surface area is 88.9 Å². The molecule has 0 fully saturated rings. The number of hydrogen-bond donors (Lipinski definition) is 0. The fourth-order valence-corrected chi connectivity index (χ4v) is 1.02. The molecule has 80 valence electrons. The molecule has 0 aliphatic heterocycles. The third-order valence-electron chi connectivity index (χ3n) is 1.67. The highest BCUT2D eigenvalue weighted by Crippen LogP contribution is 2.24. The summed E-state index contributed by atoms with van der Waals surface area (Å²) in [4.78, 5) is 0. The first-order valence-corrected chi connectivity index (χ1v) is 5.04. The Morgan fingerprint density at radius 2 is 1.43 bits per heavy atom. The minimum absolute atomic E-state index is 0.103. The summed E-state index contributed by atoms with van der Waals surface area (Å²) in [5, 5.41) is -0.431. The fourth-order valence-electron chi connectivity index (χ4n) is 0.908. The zero-order valence-electron chi connectivity index (χ0n) is 8.87. The zero-order chi connectivity index (χ0) is 11.3. The van der Waals surface area contributed by atoms with Gasteiger partial charge in [-0.2, -0.15) is 0 Å². The fraction of sp³-hybridized carbons (Fsp3) is 0.455. The normalized spacial score (nSPS) is 9.71. The largest absolute Gasteiger partial charge is 0.205 e. The Kier molecular flexibility index (Phi) is 5.70. The smallest absolute Gasteiger partial charge is 0.145 e. The summed E-state index contributed by atoms with van der Waals surface area (Å²) >= 11 is 5.30. The van der Waals surface area contributed by atoms with Crippen LogP contribution >= 0.6 is 11.6 Å². The van der Waals surface area contributed by atoms with Crippen molar-refractivity contribution >= 4 is 11.6 Å². The third-order valence-corrected chi connectivity index (χ3v) is 2.03. The molecular formula is C11H15ClF2. The molecule has 0 spiro atoms. The van der Waals surface area contributed by atoms with Crippen molar-refractivity contribution in [1.29, 1.82) is 0 Å². The molecule has 1 aromatic rings. The molecule has 0 radical (unpaired) electrons. The molecular weight excluding hydrogens is 206 g/mol. The van der Waals surface area contributed by atoms with E-state index in [0.29, 0.717) is 5.56 Å². The van der Waals surface area contributed by atoms with Crippen LogP contribution in [0.5, 0.6) is 0 Å². The molecule has 0 amide bonds. The highest BCUT2D eigenvalue weighted by atomic mass is 35.5. The molecule has 1 aromatic carbocycles. The van der Waals surface area contributed by atoms with Crippen LogP contribution in [0, 0.1) is 11.6 Å². The lowest BCUT2D eigenvalue weighted by molar-refractivity contribution is 0.578. The molecule has 0 aromatic heterocycles. The Balaban J connectivity index is 0.000000791. The average molecular weight is 221 g/mol. The van der Waals surface area contributed by atoms with Crippen molar-refractivity contribution in [3.8, 4) is 0 Å². The van der Waals surface area contributed by atoms with E-state index in [1.807, 2.05) is 27.7 Å². The standard InChI is InChI=1S/C9H9ClF2.C2H6/c1-5(2)6-3-7(11)9(10)8(12)4-6;1-2/h3-5H,1-2H3;1-2H3. The predicted molar refractivity (Wildman–Crippen MR) is 56.8 cm³/mol. The van der Waals surface area contributed by atoms with Gasteiger partial charge in [0.15, 0.2) is 0 Å². The number of halogens is 3. The summed E-state index contributed by atoms with van der Waals surface area (Å²) in [5.74, 6) is -1.29. The maximum Gasteiger partial charge on any atom is 0.145 e. The van der Waals surface area contributed by atoms with E-state index in [1.54, 1.807) is 0 Å². The van der Waals surface area contributed by atoms with E-state index >= 15 is 0 Å². The number of benzene rings is 1. The van der Waals surface area contributed by atoms with Gasteiger partial charge in [-0.3, -0.25) is 0 Å². The lowest BCUT2D eigenvalue weighted by Gasteiger charge is -2.06. The SMILES string of the molecule is CC.CC(C)c1cc(F)c(Cl)c(F)c1. The van der Waals surface area contributed by atoms with Gasteiger partial charge in [-0.1, -0.05) is 39.3 Å². The van der Waals surface area contributed by atoms with Gasteiger partial charge in [0, 0.05) is 0 Å². The summed E-state index contributed by atoms with van der Waals surface area (Å²) in [6, 6.07) is 2.52. The van der Waals surface area contributed by atoms with Crippen LogP contribution in [0.4, 0.5) is 8.78 Å². The molecule has 14 heavy (non-hydrogen) atoms. The van der Waals surface area contributed by atoms with Gasteiger partial charge in [0.1, 0.15) is 16.7 Å². The first-order valence-electron chi connectivity index (χ1n) is 4.67. The summed E-state index contributed by atoms with van der Waals surface area (Å²) in [5.41, 5.74) is 0.620. The second-order valence-corrected chi connectivity index (χ2v) is 3.33. The van der Waals surface area contributed by atoms with Gasteiger partial charge in [0.2, 0.25) is 0 Å². The molecule has 3 heteroatoms. The third kappa shape index (κ3) is 3.26. The minimum Gasteiger partial charge on any atom is -0.205 e. The van der Waals surface area contributed by atoms with E-state index in [1.165, 1.54) is 12.1 Å². The van der Waals surface area contributed by atoms with Gasteiger partial charge in [-0.05, 0) is 23.6 Å². The van der Waals surface area contributed by atoms with Crippen molar-refractivity contribution in [3.63, 3.8) is 0 Å². The predicted octanol–water partition coefficient (Wildman–Crippen LogP) is 4.77. The zero-order valence-corrected chi connectivity index (χ0v) is 9.62. The molecule has 0 unspecified atom stereocenters. The van der Waals surface area contributed by atoms with Crippen LogP contribution in [-0.2, 0) is 0 Å². The van der Waals surface area contributed by atoms with Gasteiger partial charge in [0.25, 0.3) is 0 Å². The first-order chi connectivity index (χ1) is 6.52. The van der Waals surface area contributed by atoms with Crippen LogP contribution in [0.15, 0.2) is 12.1 Å². The Hall–Kier alpha value is -0.630. The van der Waals surface area contributed by atoms with Crippen LogP contribution < -0.4 is 0 Å².